The van der Waals surface area contributed by atoms with Gasteiger partial charge in [-0.3, -0.25) is 10.1 Å². The fourth-order valence-electron chi connectivity index (χ4n) is 2.31. The van der Waals surface area contributed by atoms with Crippen LogP contribution in [0.25, 0.3) is 16.3 Å². The number of ether oxygens (including phenoxy) is 1. The molecule has 0 saturated carbocycles. The van der Waals surface area contributed by atoms with Crippen molar-refractivity contribution in [2.24, 2.45) is 0 Å². The second-order valence-electron chi connectivity index (χ2n) is 5.38. The van der Waals surface area contributed by atoms with Crippen LogP contribution < -0.4 is 5.32 Å². The lowest BCUT2D eigenvalue weighted by atomic mass is 10.1. The van der Waals surface area contributed by atoms with Crippen molar-refractivity contribution in [3.05, 3.63) is 65.2 Å². The van der Waals surface area contributed by atoms with Crippen molar-refractivity contribution in [3.8, 4) is 0 Å². The monoisotopic (exact) mass is 352 g/mol. The fraction of sp³-hybridized carbons (Fsp3) is 0.105. The Balaban J connectivity index is 1.68. The number of esters is 1. The summed E-state index contributed by atoms with van der Waals surface area (Å²) in [4.78, 5) is 27.9. The molecule has 0 saturated heterocycles. The Morgan fingerprint density at radius 1 is 1.16 bits per heavy atom. The summed E-state index contributed by atoms with van der Waals surface area (Å²) in [5.41, 5.74) is 3.26. The van der Waals surface area contributed by atoms with Crippen LogP contribution in [-0.4, -0.2) is 24.0 Å². The van der Waals surface area contributed by atoms with Crippen molar-refractivity contribution in [2.75, 3.05) is 12.4 Å². The molecule has 126 valence electrons. The van der Waals surface area contributed by atoms with Crippen LogP contribution in [0.3, 0.4) is 0 Å². The fourth-order valence-corrected chi connectivity index (χ4v) is 3.25. The van der Waals surface area contributed by atoms with Gasteiger partial charge in [-0.2, -0.15) is 0 Å². The van der Waals surface area contributed by atoms with Crippen molar-refractivity contribution in [1.29, 1.82) is 0 Å². The SMILES string of the molecule is COC(=O)c1ccc(C=CC(=O)Nc2nc3c(C)cccc3s2)cc1. The second-order valence-corrected chi connectivity index (χ2v) is 6.41. The van der Waals surface area contributed by atoms with E-state index in [2.05, 4.69) is 15.0 Å². The zero-order valence-electron chi connectivity index (χ0n) is 13.8. The molecule has 6 heteroatoms. The van der Waals surface area contributed by atoms with Crippen LogP contribution in [0.5, 0.6) is 0 Å². The molecule has 1 aromatic heterocycles. The van der Waals surface area contributed by atoms with E-state index in [1.54, 1.807) is 30.3 Å². The molecular weight excluding hydrogens is 336 g/mol. The molecule has 0 aliphatic carbocycles. The lowest BCUT2D eigenvalue weighted by Crippen LogP contribution is -2.07. The highest BCUT2D eigenvalue weighted by Gasteiger charge is 2.07. The van der Waals surface area contributed by atoms with Gasteiger partial charge in [0.1, 0.15) is 0 Å². The predicted octanol–water partition coefficient (Wildman–Crippen LogP) is 4.04. The third-order valence-corrected chi connectivity index (χ3v) is 4.55. The molecule has 5 nitrogen and oxygen atoms in total. The number of rotatable bonds is 4. The van der Waals surface area contributed by atoms with Gasteiger partial charge in [-0.05, 0) is 42.3 Å². The summed E-state index contributed by atoms with van der Waals surface area (Å²) >= 11 is 1.44. The molecule has 25 heavy (non-hydrogen) atoms. The Hall–Kier alpha value is -2.99. The molecule has 0 bridgehead atoms. The van der Waals surface area contributed by atoms with Crippen molar-refractivity contribution >= 4 is 44.6 Å². The van der Waals surface area contributed by atoms with Gasteiger partial charge < -0.3 is 4.74 Å². The van der Waals surface area contributed by atoms with E-state index in [-0.39, 0.29) is 11.9 Å². The average molecular weight is 352 g/mol. The number of carbonyl (C=O) groups is 2. The minimum atomic E-state index is -0.389. The summed E-state index contributed by atoms with van der Waals surface area (Å²) in [5.74, 6) is -0.645. The van der Waals surface area contributed by atoms with Gasteiger partial charge in [0.2, 0.25) is 5.91 Å². The molecule has 1 amide bonds. The van der Waals surface area contributed by atoms with Crippen LogP contribution >= 0.6 is 11.3 Å². The van der Waals surface area contributed by atoms with Gasteiger partial charge in [0.15, 0.2) is 5.13 Å². The molecule has 3 aromatic rings. The molecule has 0 atom stereocenters. The number of carbonyl (C=O) groups excluding carboxylic acids is 2. The van der Waals surface area contributed by atoms with Gasteiger partial charge in [0.05, 0.1) is 22.9 Å². The van der Waals surface area contributed by atoms with Crippen LogP contribution in [0.1, 0.15) is 21.5 Å². The number of anilines is 1. The molecule has 0 aliphatic heterocycles. The van der Waals surface area contributed by atoms with Gasteiger partial charge in [-0.1, -0.05) is 35.6 Å². The molecule has 2 aromatic carbocycles. The van der Waals surface area contributed by atoms with Crippen molar-refractivity contribution in [1.82, 2.24) is 4.98 Å². The molecule has 0 aliphatic rings. The first kappa shape index (κ1) is 16.9. The lowest BCUT2D eigenvalue weighted by molar-refractivity contribution is -0.111. The molecule has 1 N–H and O–H groups in total. The summed E-state index contributed by atoms with van der Waals surface area (Å²) in [5, 5.41) is 3.34. The normalized spacial score (nSPS) is 11.0. The highest BCUT2D eigenvalue weighted by molar-refractivity contribution is 7.22. The lowest BCUT2D eigenvalue weighted by Gasteiger charge is -1.99. The summed E-state index contributed by atoms with van der Waals surface area (Å²) in [6.07, 6.45) is 3.11. The third kappa shape index (κ3) is 3.92. The van der Waals surface area contributed by atoms with E-state index >= 15 is 0 Å². The topological polar surface area (TPSA) is 68.3 Å². The highest BCUT2D eigenvalue weighted by atomic mass is 32.1. The van der Waals surface area contributed by atoms with Gasteiger partial charge in [0.25, 0.3) is 0 Å². The molecular formula is C19H16N2O3S. The largest absolute Gasteiger partial charge is 0.465 e. The Morgan fingerprint density at radius 3 is 2.60 bits per heavy atom. The molecule has 1 heterocycles. The molecule has 0 unspecified atom stereocenters. The summed E-state index contributed by atoms with van der Waals surface area (Å²) in [6.45, 7) is 1.99. The van der Waals surface area contributed by atoms with Gasteiger partial charge in [-0.15, -0.1) is 0 Å². The molecule has 0 spiro atoms. The van der Waals surface area contributed by atoms with E-state index in [0.717, 1.165) is 21.3 Å². The van der Waals surface area contributed by atoms with Crippen LogP contribution in [0.4, 0.5) is 5.13 Å². The smallest absolute Gasteiger partial charge is 0.337 e. The van der Waals surface area contributed by atoms with E-state index in [1.807, 2.05) is 25.1 Å². The van der Waals surface area contributed by atoms with Crippen LogP contribution in [0.15, 0.2) is 48.5 Å². The van der Waals surface area contributed by atoms with Crippen LogP contribution in [-0.2, 0) is 9.53 Å². The maximum Gasteiger partial charge on any atom is 0.337 e. The number of aromatic nitrogens is 1. The van der Waals surface area contributed by atoms with E-state index < -0.39 is 0 Å². The number of hydrogen-bond acceptors (Lipinski definition) is 5. The predicted molar refractivity (Wildman–Crippen MR) is 99.8 cm³/mol. The number of amides is 1. The van der Waals surface area contributed by atoms with E-state index in [4.69, 9.17) is 0 Å². The number of hydrogen-bond donors (Lipinski definition) is 1. The minimum Gasteiger partial charge on any atom is -0.465 e. The molecule has 0 fully saturated rings. The Kier molecular flexibility index (Phi) is 4.90. The van der Waals surface area contributed by atoms with Gasteiger partial charge in [-0.25, -0.2) is 9.78 Å². The number of thiazole rings is 1. The minimum absolute atomic E-state index is 0.256. The van der Waals surface area contributed by atoms with E-state index in [9.17, 15) is 9.59 Å². The first-order valence-electron chi connectivity index (χ1n) is 7.60. The summed E-state index contributed by atoms with van der Waals surface area (Å²) in [7, 11) is 1.34. The first-order valence-corrected chi connectivity index (χ1v) is 8.42. The average Bonchev–Trinajstić information content (AvgIpc) is 3.03. The number of benzene rings is 2. The maximum atomic E-state index is 12.1. The Labute approximate surface area is 149 Å². The van der Waals surface area contributed by atoms with Crippen molar-refractivity contribution < 1.29 is 14.3 Å². The standard InChI is InChI=1S/C19H16N2O3S/c1-12-4-3-5-15-17(12)21-19(25-15)20-16(22)11-8-13-6-9-14(10-7-13)18(23)24-2/h3-11H,1-2H3,(H,20,21,22). The molecule has 3 rings (SSSR count). The number of nitrogens with one attached hydrogen (secondary N) is 1. The van der Waals surface area contributed by atoms with Gasteiger partial charge in [0, 0.05) is 6.08 Å². The summed E-state index contributed by atoms with van der Waals surface area (Å²) < 4.78 is 5.69. The van der Waals surface area contributed by atoms with E-state index in [1.165, 1.54) is 24.5 Å². The second kappa shape index (κ2) is 7.27. The maximum absolute atomic E-state index is 12.1. The van der Waals surface area contributed by atoms with E-state index in [0.29, 0.717) is 10.7 Å². The number of nitrogens with zero attached hydrogens (tertiary/aromatic N) is 1. The number of fused-ring (bicyclic) bond motifs is 1. The zero-order chi connectivity index (χ0) is 17.8. The van der Waals surface area contributed by atoms with Crippen molar-refractivity contribution in [2.45, 2.75) is 6.92 Å². The third-order valence-electron chi connectivity index (χ3n) is 3.61. The van der Waals surface area contributed by atoms with Crippen LogP contribution in [0.2, 0.25) is 0 Å². The van der Waals surface area contributed by atoms with Crippen LogP contribution in [0, 0.1) is 6.92 Å². The molecule has 0 radical (unpaired) electrons. The number of aryl methyl sites for hydroxylation is 1. The van der Waals surface area contributed by atoms with Crippen molar-refractivity contribution in [3.63, 3.8) is 0 Å². The quantitative estimate of drug-likeness (QED) is 0.568. The Morgan fingerprint density at radius 2 is 1.92 bits per heavy atom. The highest BCUT2D eigenvalue weighted by Crippen LogP contribution is 2.27. The number of para-hydroxylation sites is 1. The van der Waals surface area contributed by atoms with Gasteiger partial charge >= 0.3 is 5.97 Å². The number of methoxy groups -OCH3 is 1. The summed E-state index contributed by atoms with van der Waals surface area (Å²) in [6, 6.07) is 12.7. The zero-order valence-corrected chi connectivity index (χ0v) is 14.6. The Bertz CT molecular complexity index is 958. The first-order chi connectivity index (χ1) is 12.1.